The number of carbonyl (C=O) groups is 1. The van der Waals surface area contributed by atoms with E-state index in [2.05, 4.69) is 10.2 Å². The van der Waals surface area contributed by atoms with Crippen molar-refractivity contribution < 1.29 is 14.6 Å². The molecule has 7 nitrogen and oxygen atoms in total. The number of phenols is 1. The topological polar surface area (TPSA) is 87.6 Å². The molecule has 1 amide bonds. The number of rotatable bonds is 5. The highest BCUT2D eigenvalue weighted by molar-refractivity contribution is 5.92. The molecular formula is C24H28N4O3. The largest absolute Gasteiger partial charge is 0.507 e. The van der Waals surface area contributed by atoms with Gasteiger partial charge in [-0.3, -0.25) is 0 Å². The van der Waals surface area contributed by atoms with Gasteiger partial charge in [-0.05, 0) is 49.1 Å². The molecule has 4 rings (SSSR count). The maximum Gasteiger partial charge on any atom is 0.407 e. The minimum atomic E-state index is -0.376. The summed E-state index contributed by atoms with van der Waals surface area (Å²) in [7, 11) is 0. The number of amides is 1. The number of para-hydroxylation sites is 1. The fourth-order valence-electron chi connectivity index (χ4n) is 3.77. The molecule has 0 bridgehead atoms. The number of carbonyl (C=O) groups excluding carboxylic acids is 1. The van der Waals surface area contributed by atoms with E-state index in [0.29, 0.717) is 30.5 Å². The van der Waals surface area contributed by atoms with Crippen LogP contribution in [0.3, 0.4) is 0 Å². The van der Waals surface area contributed by atoms with Crippen molar-refractivity contribution in [2.24, 2.45) is 5.92 Å². The van der Waals surface area contributed by atoms with Crippen LogP contribution in [0.4, 0.5) is 10.6 Å². The van der Waals surface area contributed by atoms with Crippen LogP contribution in [0.25, 0.3) is 22.3 Å². The molecule has 2 N–H and O–H groups in total. The summed E-state index contributed by atoms with van der Waals surface area (Å²) in [4.78, 5) is 23.8. The first kappa shape index (κ1) is 20.9. The lowest BCUT2D eigenvalue weighted by molar-refractivity contribution is 0.130. The lowest BCUT2D eigenvalue weighted by atomic mass is 10.1. The average Bonchev–Trinajstić information content (AvgIpc) is 3.19. The Bertz CT molecular complexity index is 1100. The van der Waals surface area contributed by atoms with E-state index in [1.54, 1.807) is 12.1 Å². The van der Waals surface area contributed by atoms with Gasteiger partial charge >= 0.3 is 6.09 Å². The number of anilines is 1. The average molecular weight is 421 g/mol. The highest BCUT2D eigenvalue weighted by Gasteiger charge is 2.27. The standard InChI is InChI=1S/C24H28N4O3/c1-15(2)14-31-24(30)25-17-10-11-28(13-17)23-18-9-8-16(3)12-20(18)26-22(27-23)19-6-4-5-7-21(19)29/h4-9,12,15,17,29H,10-11,13-14H2,1-3H3,(H,25,30)/t17-/m1/s1. The van der Waals surface area contributed by atoms with Crippen LogP contribution < -0.4 is 10.2 Å². The highest BCUT2D eigenvalue weighted by atomic mass is 16.5. The van der Waals surface area contributed by atoms with E-state index in [9.17, 15) is 9.90 Å². The maximum atomic E-state index is 12.1. The van der Waals surface area contributed by atoms with Crippen LogP contribution in [0.15, 0.2) is 42.5 Å². The number of nitrogens with one attached hydrogen (secondary N) is 1. The second kappa shape index (κ2) is 8.79. The number of nitrogens with zero attached hydrogens (tertiary/aromatic N) is 3. The van der Waals surface area contributed by atoms with Crippen LogP contribution in [0, 0.1) is 12.8 Å². The smallest absolute Gasteiger partial charge is 0.407 e. The molecule has 3 aromatic rings. The van der Waals surface area contributed by atoms with E-state index < -0.39 is 0 Å². The predicted molar refractivity (Wildman–Crippen MR) is 121 cm³/mol. The maximum absolute atomic E-state index is 12.1. The summed E-state index contributed by atoms with van der Waals surface area (Å²) in [6.45, 7) is 7.84. The number of ether oxygens (including phenoxy) is 1. The number of aryl methyl sites for hydroxylation is 1. The van der Waals surface area contributed by atoms with Crippen molar-refractivity contribution in [3.05, 3.63) is 48.0 Å². The van der Waals surface area contributed by atoms with E-state index in [0.717, 1.165) is 35.2 Å². The van der Waals surface area contributed by atoms with Gasteiger partial charge in [0.2, 0.25) is 0 Å². The SMILES string of the molecule is Cc1ccc2c(N3CC[C@@H](NC(=O)OCC(C)C)C3)nc(-c3ccccc3O)nc2c1. The fraction of sp³-hybridized carbons (Fsp3) is 0.375. The van der Waals surface area contributed by atoms with Crippen molar-refractivity contribution in [2.75, 3.05) is 24.6 Å². The molecule has 1 aliphatic heterocycles. The van der Waals surface area contributed by atoms with Crippen LogP contribution in [-0.4, -0.2) is 46.9 Å². The predicted octanol–water partition coefficient (Wildman–Crippen LogP) is 4.27. The van der Waals surface area contributed by atoms with Crippen LogP contribution in [0.5, 0.6) is 5.75 Å². The van der Waals surface area contributed by atoms with Crippen LogP contribution in [0.2, 0.25) is 0 Å². The molecule has 0 saturated carbocycles. The zero-order valence-corrected chi connectivity index (χ0v) is 18.1. The van der Waals surface area contributed by atoms with Gasteiger partial charge < -0.3 is 20.1 Å². The van der Waals surface area contributed by atoms with E-state index in [4.69, 9.17) is 14.7 Å². The summed E-state index contributed by atoms with van der Waals surface area (Å²) in [5, 5.41) is 14.2. The third kappa shape index (κ3) is 4.71. The molecule has 2 aromatic carbocycles. The molecule has 162 valence electrons. The van der Waals surface area contributed by atoms with Gasteiger partial charge in [-0.25, -0.2) is 14.8 Å². The Morgan fingerprint density at radius 1 is 1.26 bits per heavy atom. The molecule has 2 heterocycles. The molecular weight excluding hydrogens is 392 g/mol. The summed E-state index contributed by atoms with van der Waals surface area (Å²) in [6, 6.07) is 13.2. The van der Waals surface area contributed by atoms with Crippen LogP contribution in [0.1, 0.15) is 25.8 Å². The van der Waals surface area contributed by atoms with Crippen molar-refractivity contribution in [3.8, 4) is 17.1 Å². The van der Waals surface area contributed by atoms with Gasteiger partial charge in [0.05, 0.1) is 23.7 Å². The Balaban J connectivity index is 1.63. The summed E-state index contributed by atoms with van der Waals surface area (Å²) >= 11 is 0. The number of aromatic nitrogens is 2. The number of aromatic hydroxyl groups is 1. The Labute approximate surface area is 182 Å². The third-order valence-corrected chi connectivity index (χ3v) is 5.33. The fourth-order valence-corrected chi connectivity index (χ4v) is 3.77. The Morgan fingerprint density at radius 3 is 2.84 bits per heavy atom. The van der Waals surface area contributed by atoms with Gasteiger partial charge in [0.15, 0.2) is 5.82 Å². The molecule has 1 fully saturated rings. The first-order valence-corrected chi connectivity index (χ1v) is 10.7. The van der Waals surface area contributed by atoms with Crippen molar-refractivity contribution in [1.29, 1.82) is 0 Å². The third-order valence-electron chi connectivity index (χ3n) is 5.33. The summed E-state index contributed by atoms with van der Waals surface area (Å²) in [5.41, 5.74) is 2.53. The summed E-state index contributed by atoms with van der Waals surface area (Å²) < 4.78 is 5.26. The minimum absolute atomic E-state index is 0.0105. The Kier molecular flexibility index (Phi) is 5.93. The Morgan fingerprint density at radius 2 is 2.06 bits per heavy atom. The number of phenolic OH excluding ortho intramolecular Hbond substituents is 1. The first-order valence-electron chi connectivity index (χ1n) is 10.7. The lowest BCUT2D eigenvalue weighted by Gasteiger charge is -2.21. The van der Waals surface area contributed by atoms with Crippen molar-refractivity contribution in [3.63, 3.8) is 0 Å². The summed E-state index contributed by atoms with van der Waals surface area (Å²) in [6.07, 6.45) is 0.429. The molecule has 0 aliphatic carbocycles. The quantitative estimate of drug-likeness (QED) is 0.641. The second-order valence-corrected chi connectivity index (χ2v) is 8.48. The van der Waals surface area contributed by atoms with Crippen molar-refractivity contribution in [1.82, 2.24) is 15.3 Å². The normalized spacial score (nSPS) is 16.1. The molecule has 1 atom stereocenters. The number of benzene rings is 2. The molecule has 1 aromatic heterocycles. The monoisotopic (exact) mass is 420 g/mol. The lowest BCUT2D eigenvalue weighted by Crippen LogP contribution is -2.38. The van der Waals surface area contributed by atoms with Gasteiger partial charge in [-0.1, -0.05) is 32.0 Å². The van der Waals surface area contributed by atoms with Gasteiger partial charge in [0, 0.05) is 18.5 Å². The van der Waals surface area contributed by atoms with Crippen molar-refractivity contribution in [2.45, 2.75) is 33.2 Å². The van der Waals surface area contributed by atoms with Gasteiger partial charge in [0.25, 0.3) is 0 Å². The van der Waals surface area contributed by atoms with E-state index >= 15 is 0 Å². The van der Waals surface area contributed by atoms with Gasteiger partial charge in [-0.2, -0.15) is 0 Å². The zero-order chi connectivity index (χ0) is 22.0. The molecule has 1 saturated heterocycles. The van der Waals surface area contributed by atoms with Crippen LogP contribution in [-0.2, 0) is 4.74 Å². The molecule has 0 unspecified atom stereocenters. The number of hydrogen-bond acceptors (Lipinski definition) is 6. The minimum Gasteiger partial charge on any atom is -0.507 e. The van der Waals surface area contributed by atoms with E-state index in [1.165, 1.54) is 0 Å². The van der Waals surface area contributed by atoms with Gasteiger partial charge in [-0.15, -0.1) is 0 Å². The summed E-state index contributed by atoms with van der Waals surface area (Å²) in [5.74, 6) is 1.74. The van der Waals surface area contributed by atoms with Gasteiger partial charge in [0.1, 0.15) is 11.6 Å². The second-order valence-electron chi connectivity index (χ2n) is 8.48. The number of alkyl carbamates (subject to hydrolysis) is 1. The number of hydrogen-bond donors (Lipinski definition) is 2. The van der Waals surface area contributed by atoms with Crippen molar-refractivity contribution >= 4 is 22.8 Å². The number of fused-ring (bicyclic) bond motifs is 1. The van der Waals surface area contributed by atoms with E-state index in [-0.39, 0.29) is 17.9 Å². The zero-order valence-electron chi connectivity index (χ0n) is 18.1. The molecule has 31 heavy (non-hydrogen) atoms. The van der Waals surface area contributed by atoms with Crippen LogP contribution >= 0.6 is 0 Å². The highest BCUT2D eigenvalue weighted by Crippen LogP contribution is 2.33. The molecule has 0 radical (unpaired) electrons. The Hall–Kier alpha value is -3.35. The molecule has 7 heteroatoms. The van der Waals surface area contributed by atoms with E-state index in [1.807, 2.05) is 51.1 Å². The molecule has 1 aliphatic rings. The molecule has 0 spiro atoms. The first-order chi connectivity index (χ1) is 14.9.